The van der Waals surface area contributed by atoms with Crippen LogP contribution < -0.4 is 5.32 Å². The molecule has 21 heavy (non-hydrogen) atoms. The lowest BCUT2D eigenvalue weighted by molar-refractivity contribution is -0.119. The van der Waals surface area contributed by atoms with Crippen LogP contribution in [0.4, 0.5) is 0 Å². The highest BCUT2D eigenvalue weighted by molar-refractivity contribution is 4.95. The molecule has 118 valence electrons. The van der Waals surface area contributed by atoms with Crippen LogP contribution in [-0.2, 0) is 17.7 Å². The monoisotopic (exact) mass is 294 g/mol. The van der Waals surface area contributed by atoms with Gasteiger partial charge in [0.1, 0.15) is 0 Å². The van der Waals surface area contributed by atoms with Crippen LogP contribution in [0.15, 0.2) is 4.52 Å². The SMILES string of the molecule is CCc1nc(CN(C)C2CCOC3(CCNCC3)C2)no1. The van der Waals surface area contributed by atoms with Crippen molar-refractivity contribution in [2.45, 2.75) is 57.2 Å². The van der Waals surface area contributed by atoms with Gasteiger partial charge in [-0.3, -0.25) is 4.90 Å². The predicted octanol–water partition coefficient (Wildman–Crippen LogP) is 1.36. The summed E-state index contributed by atoms with van der Waals surface area (Å²) in [6.07, 6.45) is 5.25. The molecule has 1 aromatic rings. The van der Waals surface area contributed by atoms with E-state index in [1.165, 1.54) is 0 Å². The molecular weight excluding hydrogens is 268 g/mol. The maximum atomic E-state index is 6.14. The number of nitrogens with one attached hydrogen (secondary N) is 1. The second-order valence-corrected chi connectivity index (χ2v) is 6.30. The molecule has 2 fully saturated rings. The van der Waals surface area contributed by atoms with Crippen molar-refractivity contribution in [2.24, 2.45) is 0 Å². The molecule has 2 aliphatic rings. The van der Waals surface area contributed by atoms with Crippen LogP contribution in [0.3, 0.4) is 0 Å². The van der Waals surface area contributed by atoms with E-state index in [4.69, 9.17) is 9.26 Å². The van der Waals surface area contributed by atoms with Crippen LogP contribution in [0.25, 0.3) is 0 Å². The maximum Gasteiger partial charge on any atom is 0.226 e. The van der Waals surface area contributed by atoms with Crippen LogP contribution in [0.5, 0.6) is 0 Å². The van der Waals surface area contributed by atoms with E-state index in [9.17, 15) is 0 Å². The van der Waals surface area contributed by atoms with Crippen LogP contribution in [-0.4, -0.2) is 53.4 Å². The van der Waals surface area contributed by atoms with E-state index < -0.39 is 0 Å². The molecule has 2 aliphatic heterocycles. The molecule has 0 amide bonds. The van der Waals surface area contributed by atoms with Gasteiger partial charge in [0.05, 0.1) is 12.1 Å². The van der Waals surface area contributed by atoms with Gasteiger partial charge in [-0.15, -0.1) is 0 Å². The molecule has 1 unspecified atom stereocenters. The summed E-state index contributed by atoms with van der Waals surface area (Å²) in [6, 6.07) is 0.542. The molecule has 1 N–H and O–H groups in total. The first kappa shape index (κ1) is 14.9. The molecule has 0 radical (unpaired) electrons. The van der Waals surface area contributed by atoms with Gasteiger partial charge in [0, 0.05) is 19.1 Å². The fourth-order valence-electron chi connectivity index (χ4n) is 3.46. The molecule has 0 aromatic carbocycles. The number of nitrogens with zero attached hydrogens (tertiary/aromatic N) is 3. The molecule has 0 saturated carbocycles. The van der Waals surface area contributed by atoms with Crippen molar-refractivity contribution in [2.75, 3.05) is 26.7 Å². The van der Waals surface area contributed by atoms with E-state index in [2.05, 4.69) is 27.4 Å². The summed E-state index contributed by atoms with van der Waals surface area (Å²) < 4.78 is 11.3. The normalized spacial score (nSPS) is 25.6. The molecular formula is C15H26N4O2. The molecule has 0 aliphatic carbocycles. The van der Waals surface area contributed by atoms with Crippen molar-refractivity contribution >= 4 is 0 Å². The van der Waals surface area contributed by atoms with Crippen molar-refractivity contribution < 1.29 is 9.26 Å². The fourth-order valence-corrected chi connectivity index (χ4v) is 3.46. The van der Waals surface area contributed by atoms with E-state index in [0.29, 0.717) is 6.04 Å². The Hall–Kier alpha value is -0.980. The average Bonchev–Trinajstić information content (AvgIpc) is 2.96. The summed E-state index contributed by atoms with van der Waals surface area (Å²) in [7, 11) is 2.16. The zero-order valence-corrected chi connectivity index (χ0v) is 13.1. The van der Waals surface area contributed by atoms with Gasteiger partial charge < -0.3 is 14.6 Å². The van der Waals surface area contributed by atoms with Crippen LogP contribution >= 0.6 is 0 Å². The van der Waals surface area contributed by atoms with Crippen molar-refractivity contribution in [3.8, 4) is 0 Å². The molecule has 6 nitrogen and oxygen atoms in total. The minimum Gasteiger partial charge on any atom is -0.375 e. The smallest absolute Gasteiger partial charge is 0.226 e. The second kappa shape index (κ2) is 6.42. The number of rotatable bonds is 4. The highest BCUT2D eigenvalue weighted by atomic mass is 16.5. The average molecular weight is 294 g/mol. The fraction of sp³-hybridized carbons (Fsp3) is 0.867. The molecule has 0 bridgehead atoms. The van der Waals surface area contributed by atoms with Gasteiger partial charge >= 0.3 is 0 Å². The summed E-state index contributed by atoms with van der Waals surface area (Å²) in [4.78, 5) is 6.76. The molecule has 3 heterocycles. The standard InChI is InChI=1S/C15H26N4O2/c1-3-14-17-13(18-21-14)11-19(2)12-4-9-20-15(10-12)5-7-16-8-6-15/h12,16H,3-11H2,1-2H3. The number of hydrogen-bond donors (Lipinski definition) is 1. The lowest BCUT2D eigenvalue weighted by Crippen LogP contribution is -2.52. The Bertz CT molecular complexity index is 451. The summed E-state index contributed by atoms with van der Waals surface area (Å²) in [5, 5.41) is 7.48. The lowest BCUT2D eigenvalue weighted by atomic mass is 9.82. The number of ether oxygens (including phenoxy) is 1. The molecule has 3 rings (SSSR count). The third-order valence-corrected chi connectivity index (χ3v) is 4.81. The van der Waals surface area contributed by atoms with Crippen molar-refractivity contribution in [3.63, 3.8) is 0 Å². The zero-order valence-electron chi connectivity index (χ0n) is 13.1. The Morgan fingerprint density at radius 1 is 1.38 bits per heavy atom. The van der Waals surface area contributed by atoms with E-state index in [-0.39, 0.29) is 5.60 Å². The van der Waals surface area contributed by atoms with Gasteiger partial charge in [-0.2, -0.15) is 4.98 Å². The van der Waals surface area contributed by atoms with Gasteiger partial charge in [0.15, 0.2) is 5.82 Å². The summed E-state index contributed by atoms with van der Waals surface area (Å²) in [6.45, 7) is 5.78. The van der Waals surface area contributed by atoms with Crippen molar-refractivity contribution in [1.29, 1.82) is 0 Å². The summed E-state index contributed by atoms with van der Waals surface area (Å²) in [5.74, 6) is 1.51. The number of piperidine rings is 1. The minimum absolute atomic E-state index is 0.0915. The van der Waals surface area contributed by atoms with Gasteiger partial charge in [0.25, 0.3) is 0 Å². The lowest BCUT2D eigenvalue weighted by Gasteiger charge is -2.45. The molecule has 1 aromatic heterocycles. The molecule has 6 heteroatoms. The van der Waals surface area contributed by atoms with Crippen LogP contribution in [0.1, 0.15) is 44.3 Å². The first-order valence-electron chi connectivity index (χ1n) is 8.07. The topological polar surface area (TPSA) is 63.4 Å². The Morgan fingerprint density at radius 3 is 2.90 bits per heavy atom. The van der Waals surface area contributed by atoms with Crippen molar-refractivity contribution in [1.82, 2.24) is 20.4 Å². The Kier molecular flexibility index (Phi) is 4.57. The second-order valence-electron chi connectivity index (χ2n) is 6.30. The van der Waals surface area contributed by atoms with E-state index in [1.807, 2.05) is 6.92 Å². The first-order valence-corrected chi connectivity index (χ1v) is 8.07. The summed E-state index contributed by atoms with van der Waals surface area (Å²) >= 11 is 0. The quantitative estimate of drug-likeness (QED) is 0.905. The minimum atomic E-state index is 0.0915. The van der Waals surface area contributed by atoms with E-state index in [1.54, 1.807) is 0 Å². The molecule has 2 saturated heterocycles. The molecule has 1 spiro atoms. The number of hydrogen-bond acceptors (Lipinski definition) is 6. The largest absolute Gasteiger partial charge is 0.375 e. The van der Waals surface area contributed by atoms with Crippen molar-refractivity contribution in [3.05, 3.63) is 11.7 Å². The zero-order chi connectivity index (χ0) is 14.7. The third kappa shape index (κ3) is 3.44. The molecule has 1 atom stereocenters. The Morgan fingerprint density at radius 2 is 2.19 bits per heavy atom. The Balaban J connectivity index is 1.59. The predicted molar refractivity (Wildman–Crippen MR) is 79.0 cm³/mol. The van der Waals surface area contributed by atoms with E-state index >= 15 is 0 Å². The van der Waals surface area contributed by atoms with Gasteiger partial charge in [-0.1, -0.05) is 12.1 Å². The van der Waals surface area contributed by atoms with Gasteiger partial charge in [-0.05, 0) is 45.8 Å². The first-order chi connectivity index (χ1) is 10.2. The highest BCUT2D eigenvalue weighted by Gasteiger charge is 2.39. The third-order valence-electron chi connectivity index (χ3n) is 4.81. The number of aryl methyl sites for hydroxylation is 1. The van der Waals surface area contributed by atoms with Gasteiger partial charge in [-0.25, -0.2) is 0 Å². The van der Waals surface area contributed by atoms with Gasteiger partial charge in [0.2, 0.25) is 5.89 Å². The Labute approximate surface area is 126 Å². The van der Waals surface area contributed by atoms with Crippen LogP contribution in [0, 0.1) is 0 Å². The van der Waals surface area contributed by atoms with E-state index in [0.717, 1.165) is 70.1 Å². The van der Waals surface area contributed by atoms with Crippen LogP contribution in [0.2, 0.25) is 0 Å². The summed E-state index contributed by atoms with van der Waals surface area (Å²) in [5.41, 5.74) is 0.0915. The maximum absolute atomic E-state index is 6.14. The highest BCUT2D eigenvalue weighted by Crippen LogP contribution is 2.34. The number of aromatic nitrogens is 2.